The number of sulfonamides is 1. The Morgan fingerprint density at radius 3 is 2.30 bits per heavy atom. The van der Waals surface area contributed by atoms with E-state index in [1.54, 1.807) is 0 Å². The van der Waals surface area contributed by atoms with Crippen molar-refractivity contribution >= 4 is 33.2 Å². The lowest BCUT2D eigenvalue weighted by Crippen LogP contribution is -2.36. The Kier molecular flexibility index (Phi) is 4.36. The average molecular weight is 337 g/mol. The monoisotopic (exact) mass is 337 g/mol. The molecule has 3 N–H and O–H groups in total. The molecule has 0 atom stereocenters. The molecule has 23 heavy (non-hydrogen) atoms. The average Bonchev–Trinajstić information content (AvgIpc) is 2.63. The van der Waals surface area contributed by atoms with Crippen molar-refractivity contribution in [2.75, 3.05) is 10.6 Å². The lowest BCUT2D eigenvalue weighted by atomic mass is 9.96. The van der Waals surface area contributed by atoms with E-state index in [-0.39, 0.29) is 17.4 Å². The van der Waals surface area contributed by atoms with E-state index in [0.29, 0.717) is 11.4 Å². The number of fused-ring (bicyclic) bond motifs is 1. The Morgan fingerprint density at radius 2 is 1.61 bits per heavy atom. The lowest BCUT2D eigenvalue weighted by molar-refractivity contribution is -0.123. The van der Waals surface area contributed by atoms with Crippen molar-refractivity contribution in [2.24, 2.45) is 0 Å². The maximum absolute atomic E-state index is 12.5. The van der Waals surface area contributed by atoms with Crippen LogP contribution in [0.5, 0.6) is 0 Å². The quantitative estimate of drug-likeness (QED) is 0.728. The lowest BCUT2D eigenvalue weighted by Gasteiger charge is -2.22. The molecular weight excluding hydrogens is 318 g/mol. The third kappa shape index (κ3) is 3.70. The largest absolute Gasteiger partial charge is 0.324 e. The molecule has 0 spiro atoms. The van der Waals surface area contributed by atoms with Crippen molar-refractivity contribution < 1.29 is 18.0 Å². The van der Waals surface area contributed by atoms with E-state index in [2.05, 4.69) is 15.4 Å². The van der Waals surface area contributed by atoms with Crippen LogP contribution >= 0.6 is 0 Å². The van der Waals surface area contributed by atoms with E-state index >= 15 is 0 Å². The number of carbonyl (C=O) groups is 2. The van der Waals surface area contributed by atoms with Crippen LogP contribution in [-0.4, -0.2) is 26.3 Å². The Labute approximate surface area is 134 Å². The summed E-state index contributed by atoms with van der Waals surface area (Å²) in [6.45, 7) is 0. The predicted molar refractivity (Wildman–Crippen MR) is 85.5 cm³/mol. The predicted octanol–water partition coefficient (Wildman–Crippen LogP) is 1.58. The second-order valence-corrected chi connectivity index (χ2v) is 7.65. The first-order valence-electron chi connectivity index (χ1n) is 7.70. The molecule has 1 heterocycles. The molecule has 1 aromatic carbocycles. The van der Waals surface area contributed by atoms with Gasteiger partial charge in [-0.25, -0.2) is 13.1 Å². The minimum absolute atomic E-state index is 0.0399. The van der Waals surface area contributed by atoms with Crippen LogP contribution in [0.1, 0.15) is 38.5 Å². The standard InChI is InChI=1S/C15H19N3O4S/c19-14-9-15(20)17-13-8-11(6-7-12(13)16-14)23(21,22)18-10-4-2-1-3-5-10/h6-8,10,18H,1-5,9H2,(H,16,19)(H,17,20). The minimum atomic E-state index is -3.65. The van der Waals surface area contributed by atoms with Crippen LogP contribution in [-0.2, 0) is 19.6 Å². The number of amides is 2. The molecule has 0 unspecified atom stereocenters. The molecule has 0 aromatic heterocycles. The summed E-state index contributed by atoms with van der Waals surface area (Å²) in [5.74, 6) is -0.881. The van der Waals surface area contributed by atoms with Crippen LogP contribution in [0.25, 0.3) is 0 Å². The number of nitrogens with one attached hydrogen (secondary N) is 3. The first-order chi connectivity index (χ1) is 10.9. The van der Waals surface area contributed by atoms with Gasteiger partial charge in [0.05, 0.1) is 16.3 Å². The minimum Gasteiger partial charge on any atom is -0.324 e. The van der Waals surface area contributed by atoms with Crippen LogP contribution in [0.4, 0.5) is 11.4 Å². The zero-order valence-corrected chi connectivity index (χ0v) is 13.4. The van der Waals surface area contributed by atoms with Gasteiger partial charge >= 0.3 is 0 Å². The summed E-state index contributed by atoms with van der Waals surface area (Å²) in [4.78, 5) is 23.2. The molecule has 8 heteroatoms. The van der Waals surface area contributed by atoms with Gasteiger partial charge in [-0.2, -0.15) is 0 Å². The highest BCUT2D eigenvalue weighted by molar-refractivity contribution is 7.89. The molecule has 1 saturated carbocycles. The van der Waals surface area contributed by atoms with Gasteiger partial charge in [0.2, 0.25) is 21.8 Å². The Hall–Kier alpha value is -1.93. The van der Waals surface area contributed by atoms with Gasteiger partial charge in [0.25, 0.3) is 0 Å². The smallest absolute Gasteiger partial charge is 0.240 e. The highest BCUT2D eigenvalue weighted by Gasteiger charge is 2.24. The molecule has 1 aromatic rings. The number of hydrogen-bond donors (Lipinski definition) is 3. The second-order valence-electron chi connectivity index (χ2n) is 5.94. The van der Waals surface area contributed by atoms with Crippen LogP contribution in [0, 0.1) is 0 Å². The number of benzene rings is 1. The van der Waals surface area contributed by atoms with E-state index in [0.717, 1.165) is 32.1 Å². The molecular formula is C15H19N3O4S. The molecule has 7 nitrogen and oxygen atoms in total. The van der Waals surface area contributed by atoms with E-state index in [1.165, 1.54) is 18.2 Å². The molecule has 0 saturated heterocycles. The van der Waals surface area contributed by atoms with Gasteiger partial charge in [-0.1, -0.05) is 19.3 Å². The Morgan fingerprint density at radius 1 is 0.957 bits per heavy atom. The van der Waals surface area contributed by atoms with Gasteiger partial charge in [-0.3, -0.25) is 9.59 Å². The maximum Gasteiger partial charge on any atom is 0.240 e. The highest BCUT2D eigenvalue weighted by Crippen LogP contribution is 2.28. The molecule has 0 radical (unpaired) electrons. The SMILES string of the molecule is O=C1CC(=O)Nc2cc(S(=O)(=O)NC3CCCCC3)ccc2N1. The van der Waals surface area contributed by atoms with Gasteiger partial charge in [0, 0.05) is 6.04 Å². The molecule has 3 rings (SSSR count). The van der Waals surface area contributed by atoms with E-state index in [4.69, 9.17) is 0 Å². The summed E-state index contributed by atoms with van der Waals surface area (Å²) < 4.78 is 27.7. The second kappa shape index (κ2) is 6.29. The number of carbonyl (C=O) groups excluding carboxylic acids is 2. The van der Waals surface area contributed by atoms with E-state index in [9.17, 15) is 18.0 Å². The fraction of sp³-hybridized carbons (Fsp3) is 0.467. The van der Waals surface area contributed by atoms with E-state index < -0.39 is 21.8 Å². The Balaban J connectivity index is 1.85. The zero-order valence-electron chi connectivity index (χ0n) is 12.6. The number of anilines is 2. The zero-order chi connectivity index (χ0) is 16.4. The third-order valence-electron chi connectivity index (χ3n) is 4.10. The molecule has 1 aliphatic heterocycles. The maximum atomic E-state index is 12.5. The van der Waals surface area contributed by atoms with E-state index in [1.807, 2.05) is 0 Å². The summed E-state index contributed by atoms with van der Waals surface area (Å²) >= 11 is 0. The van der Waals surface area contributed by atoms with Gasteiger partial charge in [0.15, 0.2) is 0 Å². The van der Waals surface area contributed by atoms with Gasteiger partial charge in [-0.05, 0) is 31.0 Å². The fourth-order valence-electron chi connectivity index (χ4n) is 2.95. The molecule has 2 amide bonds. The third-order valence-corrected chi connectivity index (χ3v) is 5.62. The van der Waals surface area contributed by atoms with Gasteiger partial charge < -0.3 is 10.6 Å². The van der Waals surface area contributed by atoms with Crippen molar-refractivity contribution in [1.29, 1.82) is 0 Å². The van der Waals surface area contributed by atoms with Gasteiger partial charge in [-0.15, -0.1) is 0 Å². The summed E-state index contributed by atoms with van der Waals surface area (Å²) in [6.07, 6.45) is 4.60. The molecule has 2 aliphatic rings. The molecule has 1 fully saturated rings. The Bertz CT molecular complexity index is 739. The van der Waals surface area contributed by atoms with Crippen molar-refractivity contribution in [1.82, 2.24) is 4.72 Å². The molecule has 124 valence electrons. The van der Waals surface area contributed by atoms with Crippen LogP contribution in [0.3, 0.4) is 0 Å². The van der Waals surface area contributed by atoms with Crippen molar-refractivity contribution in [3.63, 3.8) is 0 Å². The van der Waals surface area contributed by atoms with Crippen molar-refractivity contribution in [3.8, 4) is 0 Å². The topological polar surface area (TPSA) is 104 Å². The number of hydrogen-bond acceptors (Lipinski definition) is 4. The number of rotatable bonds is 3. The van der Waals surface area contributed by atoms with Crippen LogP contribution in [0.15, 0.2) is 23.1 Å². The van der Waals surface area contributed by atoms with Crippen LogP contribution in [0.2, 0.25) is 0 Å². The summed E-state index contributed by atoms with van der Waals surface area (Å²) in [6, 6.07) is 4.27. The summed E-state index contributed by atoms with van der Waals surface area (Å²) in [7, 11) is -3.65. The first kappa shape index (κ1) is 15.9. The molecule has 0 bridgehead atoms. The fourth-order valence-corrected chi connectivity index (χ4v) is 4.28. The highest BCUT2D eigenvalue weighted by atomic mass is 32.2. The molecule has 1 aliphatic carbocycles. The first-order valence-corrected chi connectivity index (χ1v) is 9.18. The normalized spacial score (nSPS) is 19.5. The van der Waals surface area contributed by atoms with Crippen molar-refractivity contribution in [3.05, 3.63) is 18.2 Å². The summed E-state index contributed by atoms with van der Waals surface area (Å²) in [5.41, 5.74) is 0.699. The summed E-state index contributed by atoms with van der Waals surface area (Å²) in [5, 5.41) is 5.13. The van der Waals surface area contributed by atoms with Crippen LogP contribution < -0.4 is 15.4 Å². The van der Waals surface area contributed by atoms with Crippen molar-refractivity contribution in [2.45, 2.75) is 49.5 Å². The van der Waals surface area contributed by atoms with Gasteiger partial charge in [0.1, 0.15) is 6.42 Å².